The van der Waals surface area contributed by atoms with Crippen LogP contribution in [0.1, 0.15) is 37.0 Å². The molecule has 1 aromatic heterocycles. The van der Waals surface area contributed by atoms with Gasteiger partial charge in [0.1, 0.15) is 16.9 Å². The van der Waals surface area contributed by atoms with Crippen molar-refractivity contribution < 1.29 is 9.52 Å². The van der Waals surface area contributed by atoms with E-state index in [-0.39, 0.29) is 6.04 Å². The number of fused-ring (bicyclic) bond motifs is 1. The van der Waals surface area contributed by atoms with Crippen LogP contribution in [0, 0.1) is 6.92 Å². The zero-order valence-corrected chi connectivity index (χ0v) is 10.6. The summed E-state index contributed by atoms with van der Waals surface area (Å²) in [6.45, 7) is 2.05. The maximum atomic E-state index is 10.7. The SMILES string of the molecule is Cc1ccc2oc(C3(O)CCCC(N)C3)cc2c1. The normalized spacial score (nSPS) is 28.7. The predicted octanol–water partition coefficient (Wildman–Crippen LogP) is 2.83. The summed E-state index contributed by atoms with van der Waals surface area (Å²) in [7, 11) is 0. The molecule has 1 heterocycles. The molecule has 0 saturated heterocycles. The van der Waals surface area contributed by atoms with Crippen molar-refractivity contribution in [2.75, 3.05) is 0 Å². The third-order valence-electron chi connectivity index (χ3n) is 3.90. The van der Waals surface area contributed by atoms with Crippen LogP contribution in [0.4, 0.5) is 0 Å². The van der Waals surface area contributed by atoms with Gasteiger partial charge in [0, 0.05) is 11.4 Å². The molecule has 3 N–H and O–H groups in total. The van der Waals surface area contributed by atoms with Gasteiger partial charge in [0.2, 0.25) is 0 Å². The highest BCUT2D eigenvalue weighted by Crippen LogP contribution is 2.39. The average Bonchev–Trinajstić information content (AvgIpc) is 2.72. The fraction of sp³-hybridized carbons (Fsp3) is 0.467. The van der Waals surface area contributed by atoms with Crippen LogP contribution in [0.5, 0.6) is 0 Å². The molecule has 1 aliphatic rings. The second-order valence-corrected chi connectivity index (χ2v) is 5.54. The molecule has 1 aliphatic carbocycles. The number of nitrogens with two attached hydrogens (primary N) is 1. The lowest BCUT2D eigenvalue weighted by Gasteiger charge is -2.33. The molecular weight excluding hydrogens is 226 g/mol. The number of hydrogen-bond donors (Lipinski definition) is 2. The maximum Gasteiger partial charge on any atom is 0.136 e. The molecule has 0 bridgehead atoms. The van der Waals surface area contributed by atoms with Crippen molar-refractivity contribution in [3.05, 3.63) is 35.6 Å². The minimum absolute atomic E-state index is 0.0682. The summed E-state index contributed by atoms with van der Waals surface area (Å²) >= 11 is 0. The molecule has 1 saturated carbocycles. The van der Waals surface area contributed by atoms with Crippen molar-refractivity contribution in [1.82, 2.24) is 0 Å². The molecule has 0 aliphatic heterocycles. The first kappa shape index (κ1) is 11.8. The molecule has 96 valence electrons. The van der Waals surface area contributed by atoms with Gasteiger partial charge in [-0.15, -0.1) is 0 Å². The molecule has 1 fully saturated rings. The van der Waals surface area contributed by atoms with Crippen LogP contribution < -0.4 is 5.73 Å². The van der Waals surface area contributed by atoms with E-state index in [0.29, 0.717) is 12.2 Å². The van der Waals surface area contributed by atoms with E-state index in [2.05, 4.69) is 13.0 Å². The van der Waals surface area contributed by atoms with Crippen molar-refractivity contribution in [3.63, 3.8) is 0 Å². The Balaban J connectivity index is 2.03. The van der Waals surface area contributed by atoms with Crippen LogP contribution in [0.25, 0.3) is 11.0 Å². The summed E-state index contributed by atoms with van der Waals surface area (Å²) in [6, 6.07) is 8.08. The Labute approximate surface area is 107 Å². The highest BCUT2D eigenvalue weighted by Gasteiger charge is 2.37. The lowest BCUT2D eigenvalue weighted by molar-refractivity contribution is -0.0246. The topological polar surface area (TPSA) is 59.4 Å². The fourth-order valence-electron chi connectivity index (χ4n) is 2.91. The number of aliphatic hydroxyl groups is 1. The quantitative estimate of drug-likeness (QED) is 0.812. The molecule has 0 amide bonds. The minimum Gasteiger partial charge on any atom is -0.458 e. The summed E-state index contributed by atoms with van der Waals surface area (Å²) in [6.07, 6.45) is 3.26. The predicted molar refractivity (Wildman–Crippen MR) is 71.3 cm³/mol. The highest BCUT2D eigenvalue weighted by molar-refractivity contribution is 5.78. The second kappa shape index (κ2) is 4.11. The Morgan fingerprint density at radius 2 is 2.22 bits per heavy atom. The van der Waals surface area contributed by atoms with Gasteiger partial charge in [0.25, 0.3) is 0 Å². The Hall–Kier alpha value is -1.32. The van der Waals surface area contributed by atoms with Gasteiger partial charge in [0.15, 0.2) is 0 Å². The lowest BCUT2D eigenvalue weighted by atomic mass is 9.80. The standard InChI is InChI=1S/C15H19NO2/c1-10-4-5-13-11(7-10)8-14(18-13)15(17)6-2-3-12(16)9-15/h4-5,7-8,12,17H,2-3,6,9,16H2,1H3. The van der Waals surface area contributed by atoms with Gasteiger partial charge in [-0.1, -0.05) is 11.6 Å². The molecule has 18 heavy (non-hydrogen) atoms. The highest BCUT2D eigenvalue weighted by atomic mass is 16.4. The summed E-state index contributed by atoms with van der Waals surface area (Å²) in [5.41, 5.74) is 7.11. The number of hydrogen-bond acceptors (Lipinski definition) is 3. The summed E-state index contributed by atoms with van der Waals surface area (Å²) in [5.74, 6) is 0.665. The monoisotopic (exact) mass is 245 g/mol. The summed E-state index contributed by atoms with van der Waals surface area (Å²) in [4.78, 5) is 0. The van der Waals surface area contributed by atoms with Crippen molar-refractivity contribution in [3.8, 4) is 0 Å². The molecular formula is C15H19NO2. The maximum absolute atomic E-state index is 10.7. The fourth-order valence-corrected chi connectivity index (χ4v) is 2.91. The van der Waals surface area contributed by atoms with E-state index in [1.165, 1.54) is 5.56 Å². The van der Waals surface area contributed by atoms with Gasteiger partial charge in [-0.05, 0) is 50.8 Å². The van der Waals surface area contributed by atoms with Crippen LogP contribution in [0.3, 0.4) is 0 Å². The first-order chi connectivity index (χ1) is 8.57. The average molecular weight is 245 g/mol. The Morgan fingerprint density at radius 1 is 1.39 bits per heavy atom. The minimum atomic E-state index is -0.884. The van der Waals surface area contributed by atoms with Crippen molar-refractivity contribution >= 4 is 11.0 Å². The van der Waals surface area contributed by atoms with Crippen LogP contribution in [0.15, 0.2) is 28.7 Å². The van der Waals surface area contributed by atoms with E-state index in [9.17, 15) is 5.11 Å². The van der Waals surface area contributed by atoms with E-state index in [1.807, 2.05) is 18.2 Å². The van der Waals surface area contributed by atoms with Crippen molar-refractivity contribution in [2.45, 2.75) is 44.2 Å². The molecule has 0 spiro atoms. The molecule has 3 heteroatoms. The smallest absolute Gasteiger partial charge is 0.136 e. The van der Waals surface area contributed by atoms with E-state index in [1.54, 1.807) is 0 Å². The van der Waals surface area contributed by atoms with Crippen molar-refractivity contribution in [2.24, 2.45) is 5.73 Å². The second-order valence-electron chi connectivity index (χ2n) is 5.54. The van der Waals surface area contributed by atoms with Gasteiger partial charge < -0.3 is 15.3 Å². The van der Waals surface area contributed by atoms with Crippen LogP contribution in [-0.2, 0) is 5.60 Å². The number of aryl methyl sites for hydroxylation is 1. The van der Waals surface area contributed by atoms with Gasteiger partial charge in [-0.3, -0.25) is 0 Å². The molecule has 0 radical (unpaired) electrons. The zero-order valence-electron chi connectivity index (χ0n) is 10.6. The van der Waals surface area contributed by atoms with E-state index >= 15 is 0 Å². The van der Waals surface area contributed by atoms with Gasteiger partial charge in [-0.2, -0.15) is 0 Å². The first-order valence-electron chi connectivity index (χ1n) is 6.55. The summed E-state index contributed by atoms with van der Waals surface area (Å²) < 4.78 is 5.81. The third-order valence-corrected chi connectivity index (χ3v) is 3.90. The van der Waals surface area contributed by atoms with Crippen LogP contribution in [-0.4, -0.2) is 11.1 Å². The Morgan fingerprint density at radius 3 is 3.00 bits per heavy atom. The first-order valence-corrected chi connectivity index (χ1v) is 6.55. The largest absolute Gasteiger partial charge is 0.458 e. The zero-order chi connectivity index (χ0) is 12.8. The van der Waals surface area contributed by atoms with E-state index in [0.717, 1.165) is 30.2 Å². The molecule has 3 nitrogen and oxygen atoms in total. The summed E-state index contributed by atoms with van der Waals surface area (Å²) in [5, 5.41) is 11.8. The number of furan rings is 1. The van der Waals surface area contributed by atoms with E-state index < -0.39 is 5.60 Å². The van der Waals surface area contributed by atoms with Crippen LogP contribution in [0.2, 0.25) is 0 Å². The molecule has 2 aromatic rings. The van der Waals surface area contributed by atoms with Crippen LogP contribution >= 0.6 is 0 Å². The van der Waals surface area contributed by atoms with E-state index in [4.69, 9.17) is 10.2 Å². The lowest BCUT2D eigenvalue weighted by Crippen LogP contribution is -2.38. The Kier molecular flexibility index (Phi) is 2.68. The molecule has 2 atom stereocenters. The molecule has 2 unspecified atom stereocenters. The van der Waals surface area contributed by atoms with Gasteiger partial charge in [-0.25, -0.2) is 0 Å². The molecule has 1 aromatic carbocycles. The molecule has 3 rings (SSSR count). The third kappa shape index (κ3) is 1.93. The number of benzene rings is 1. The van der Waals surface area contributed by atoms with Gasteiger partial charge >= 0.3 is 0 Å². The Bertz CT molecular complexity index is 575. The van der Waals surface area contributed by atoms with Gasteiger partial charge in [0.05, 0.1) is 0 Å². The van der Waals surface area contributed by atoms with Crippen molar-refractivity contribution in [1.29, 1.82) is 0 Å². The number of rotatable bonds is 1.